The first-order chi connectivity index (χ1) is 5.25. The Kier molecular flexibility index (Phi) is 2.62. The maximum atomic E-state index is 8.62. The minimum atomic E-state index is -0.104. The van der Waals surface area contributed by atoms with Gasteiger partial charge in [-0.2, -0.15) is 0 Å². The zero-order chi connectivity index (χ0) is 8.27. The first kappa shape index (κ1) is 8.23. The first-order valence-electron chi connectivity index (χ1n) is 3.58. The van der Waals surface area contributed by atoms with Crippen molar-refractivity contribution < 1.29 is 5.11 Å². The molecule has 0 aromatic carbocycles. The molecule has 1 heterocycles. The molecule has 0 aliphatic heterocycles. The Bertz CT molecular complexity index is 221. The molecule has 0 radical (unpaired) electrons. The molecule has 0 aliphatic rings. The van der Waals surface area contributed by atoms with Gasteiger partial charge in [0.1, 0.15) is 0 Å². The molecule has 11 heavy (non-hydrogen) atoms. The van der Waals surface area contributed by atoms with Crippen molar-refractivity contribution in [2.45, 2.75) is 12.5 Å². The van der Waals surface area contributed by atoms with Gasteiger partial charge >= 0.3 is 0 Å². The van der Waals surface area contributed by atoms with Crippen LogP contribution in [-0.4, -0.2) is 21.3 Å². The minimum Gasteiger partial charge on any atom is -0.396 e. The van der Waals surface area contributed by atoms with E-state index in [1.165, 1.54) is 0 Å². The molecule has 0 amide bonds. The second-order valence-electron chi connectivity index (χ2n) is 2.55. The highest BCUT2D eigenvalue weighted by molar-refractivity contribution is 5.03. The van der Waals surface area contributed by atoms with Crippen LogP contribution in [0.1, 0.15) is 18.2 Å². The highest BCUT2D eigenvalue weighted by Gasteiger charge is 2.07. The van der Waals surface area contributed by atoms with Gasteiger partial charge < -0.3 is 15.4 Å². The molecule has 1 rings (SSSR count). The summed E-state index contributed by atoms with van der Waals surface area (Å²) < 4.78 is 1.86. The van der Waals surface area contributed by atoms with E-state index in [9.17, 15) is 0 Å². The Morgan fingerprint density at radius 3 is 3.00 bits per heavy atom. The number of nitrogens with two attached hydrogens (primary N) is 1. The second-order valence-corrected chi connectivity index (χ2v) is 2.55. The molecule has 0 spiro atoms. The van der Waals surface area contributed by atoms with Gasteiger partial charge in [-0.15, -0.1) is 0 Å². The van der Waals surface area contributed by atoms with Crippen LogP contribution in [0, 0.1) is 0 Å². The fourth-order valence-corrected chi connectivity index (χ4v) is 1.01. The van der Waals surface area contributed by atoms with Gasteiger partial charge in [-0.1, -0.05) is 0 Å². The summed E-state index contributed by atoms with van der Waals surface area (Å²) in [6.45, 7) is 0.117. The van der Waals surface area contributed by atoms with Gasteiger partial charge in [0.2, 0.25) is 0 Å². The van der Waals surface area contributed by atoms with E-state index in [-0.39, 0.29) is 12.6 Å². The molecule has 0 unspecified atom stereocenters. The molecule has 62 valence electrons. The zero-order valence-electron chi connectivity index (χ0n) is 6.57. The fraction of sp³-hybridized carbons (Fsp3) is 0.571. The molecule has 0 bridgehead atoms. The smallest absolute Gasteiger partial charge is 0.0946 e. The van der Waals surface area contributed by atoms with Gasteiger partial charge in [0.15, 0.2) is 0 Å². The van der Waals surface area contributed by atoms with Gasteiger partial charge in [0.25, 0.3) is 0 Å². The van der Waals surface area contributed by atoms with Crippen LogP contribution in [-0.2, 0) is 7.05 Å². The summed E-state index contributed by atoms with van der Waals surface area (Å²) >= 11 is 0. The number of aliphatic hydroxyl groups excluding tert-OH is 1. The predicted molar refractivity (Wildman–Crippen MR) is 41.8 cm³/mol. The number of rotatable bonds is 3. The van der Waals surface area contributed by atoms with E-state index in [0.717, 1.165) is 5.69 Å². The summed E-state index contributed by atoms with van der Waals surface area (Å²) in [5.41, 5.74) is 6.69. The van der Waals surface area contributed by atoms with Crippen LogP contribution in [0.5, 0.6) is 0 Å². The standard InChI is InChI=1S/C7H13N3O/c1-10-5-9-4-7(10)6(8)2-3-11/h4-6,11H,2-3,8H2,1H3/t6-/m0/s1. The predicted octanol–water partition coefficient (Wildman–Crippen LogP) is -0.198. The summed E-state index contributed by atoms with van der Waals surface area (Å²) in [4.78, 5) is 3.93. The molecule has 0 saturated carbocycles. The van der Waals surface area contributed by atoms with Gasteiger partial charge in [0, 0.05) is 25.9 Å². The Morgan fingerprint density at radius 2 is 2.55 bits per heavy atom. The van der Waals surface area contributed by atoms with Crippen LogP contribution in [0.25, 0.3) is 0 Å². The SMILES string of the molecule is Cn1cncc1[C@@H](N)CCO. The summed E-state index contributed by atoms with van der Waals surface area (Å²) in [5, 5.41) is 8.62. The topological polar surface area (TPSA) is 64.1 Å². The van der Waals surface area contributed by atoms with E-state index in [0.29, 0.717) is 6.42 Å². The van der Waals surface area contributed by atoms with E-state index in [2.05, 4.69) is 4.98 Å². The molecule has 1 aromatic heterocycles. The van der Waals surface area contributed by atoms with Crippen LogP contribution in [0.2, 0.25) is 0 Å². The van der Waals surface area contributed by atoms with Gasteiger partial charge in [-0.05, 0) is 6.42 Å². The number of nitrogens with zero attached hydrogens (tertiary/aromatic N) is 2. The fourth-order valence-electron chi connectivity index (χ4n) is 1.01. The van der Waals surface area contributed by atoms with Crippen molar-refractivity contribution in [1.29, 1.82) is 0 Å². The van der Waals surface area contributed by atoms with Crippen LogP contribution in [0.3, 0.4) is 0 Å². The molecule has 4 heteroatoms. The number of aromatic nitrogens is 2. The Labute approximate surface area is 65.7 Å². The molecular weight excluding hydrogens is 142 g/mol. The Balaban J connectivity index is 2.67. The third kappa shape index (κ3) is 1.78. The molecule has 1 aromatic rings. The average Bonchev–Trinajstić information content (AvgIpc) is 2.36. The molecular formula is C7H13N3O. The number of hydrogen-bond donors (Lipinski definition) is 2. The van der Waals surface area contributed by atoms with E-state index in [1.54, 1.807) is 12.5 Å². The van der Waals surface area contributed by atoms with E-state index >= 15 is 0 Å². The van der Waals surface area contributed by atoms with Crippen LogP contribution in [0.4, 0.5) is 0 Å². The number of aryl methyl sites for hydroxylation is 1. The largest absolute Gasteiger partial charge is 0.396 e. The minimum absolute atomic E-state index is 0.104. The molecule has 0 fully saturated rings. The van der Waals surface area contributed by atoms with E-state index in [4.69, 9.17) is 10.8 Å². The summed E-state index contributed by atoms with van der Waals surface area (Å²) in [5.74, 6) is 0. The maximum absolute atomic E-state index is 8.62. The van der Waals surface area contributed by atoms with Gasteiger partial charge in [-0.3, -0.25) is 0 Å². The van der Waals surface area contributed by atoms with Crippen LogP contribution < -0.4 is 5.73 Å². The average molecular weight is 155 g/mol. The van der Waals surface area contributed by atoms with E-state index in [1.807, 2.05) is 11.6 Å². The lowest BCUT2D eigenvalue weighted by molar-refractivity contribution is 0.275. The normalized spacial score (nSPS) is 13.4. The van der Waals surface area contributed by atoms with Crippen molar-refractivity contribution in [2.24, 2.45) is 12.8 Å². The van der Waals surface area contributed by atoms with Crippen molar-refractivity contribution in [3.8, 4) is 0 Å². The lowest BCUT2D eigenvalue weighted by Crippen LogP contribution is -2.14. The van der Waals surface area contributed by atoms with Crippen molar-refractivity contribution in [1.82, 2.24) is 9.55 Å². The lowest BCUT2D eigenvalue weighted by Gasteiger charge is -2.09. The Morgan fingerprint density at radius 1 is 1.82 bits per heavy atom. The third-order valence-electron chi connectivity index (χ3n) is 1.67. The third-order valence-corrected chi connectivity index (χ3v) is 1.67. The second kappa shape index (κ2) is 3.50. The quantitative estimate of drug-likeness (QED) is 0.635. The van der Waals surface area contributed by atoms with Gasteiger partial charge in [0.05, 0.1) is 12.0 Å². The highest BCUT2D eigenvalue weighted by atomic mass is 16.3. The van der Waals surface area contributed by atoms with E-state index < -0.39 is 0 Å². The molecule has 4 nitrogen and oxygen atoms in total. The summed E-state index contributed by atoms with van der Waals surface area (Å²) in [7, 11) is 1.89. The number of aliphatic hydroxyl groups is 1. The van der Waals surface area contributed by atoms with Crippen LogP contribution in [0.15, 0.2) is 12.5 Å². The van der Waals surface area contributed by atoms with Gasteiger partial charge in [-0.25, -0.2) is 4.98 Å². The monoisotopic (exact) mass is 155 g/mol. The van der Waals surface area contributed by atoms with Crippen molar-refractivity contribution in [2.75, 3.05) is 6.61 Å². The Hall–Kier alpha value is -0.870. The number of hydrogen-bond acceptors (Lipinski definition) is 3. The highest BCUT2D eigenvalue weighted by Crippen LogP contribution is 2.10. The maximum Gasteiger partial charge on any atom is 0.0946 e. The lowest BCUT2D eigenvalue weighted by atomic mass is 10.2. The van der Waals surface area contributed by atoms with Crippen LogP contribution >= 0.6 is 0 Å². The molecule has 0 aliphatic carbocycles. The van der Waals surface area contributed by atoms with Crippen molar-refractivity contribution in [3.63, 3.8) is 0 Å². The number of imidazole rings is 1. The van der Waals surface area contributed by atoms with Crippen molar-refractivity contribution in [3.05, 3.63) is 18.2 Å². The molecule has 0 saturated heterocycles. The van der Waals surface area contributed by atoms with Crippen molar-refractivity contribution >= 4 is 0 Å². The summed E-state index contributed by atoms with van der Waals surface area (Å²) in [6, 6.07) is -0.104. The first-order valence-corrected chi connectivity index (χ1v) is 3.58. The summed E-state index contributed by atoms with van der Waals surface area (Å²) in [6.07, 6.45) is 4.01. The molecule has 1 atom stereocenters. The molecule has 3 N–H and O–H groups in total. The zero-order valence-corrected chi connectivity index (χ0v) is 6.57.